The highest BCUT2D eigenvalue weighted by Crippen LogP contribution is 2.21. The number of hydrogen-bond donors (Lipinski definition) is 3. The van der Waals surface area contributed by atoms with Gasteiger partial charge in [-0.3, -0.25) is 4.90 Å². The van der Waals surface area contributed by atoms with Crippen molar-refractivity contribution in [3.05, 3.63) is 59.5 Å². The lowest BCUT2D eigenvalue weighted by atomic mass is 9.99. The monoisotopic (exact) mass is 512 g/mol. The van der Waals surface area contributed by atoms with Crippen LogP contribution < -0.4 is 10.6 Å². The van der Waals surface area contributed by atoms with Crippen molar-refractivity contribution >= 4 is 29.9 Å². The van der Waals surface area contributed by atoms with E-state index in [0.717, 1.165) is 32.6 Å². The van der Waals surface area contributed by atoms with Gasteiger partial charge in [-0.1, -0.05) is 24.3 Å². The van der Waals surface area contributed by atoms with Gasteiger partial charge in [-0.25, -0.2) is 4.99 Å². The molecule has 0 bridgehead atoms. The summed E-state index contributed by atoms with van der Waals surface area (Å²) in [4.78, 5) is 7.06. The highest BCUT2D eigenvalue weighted by Gasteiger charge is 2.26. The number of hydrogen-bond acceptors (Lipinski definition) is 4. The predicted molar refractivity (Wildman–Crippen MR) is 128 cm³/mol. The van der Waals surface area contributed by atoms with Crippen LogP contribution in [0.2, 0.25) is 0 Å². The lowest BCUT2D eigenvalue weighted by Gasteiger charge is -2.34. The number of benzene rings is 1. The van der Waals surface area contributed by atoms with Crippen molar-refractivity contribution in [3.63, 3.8) is 0 Å². The molecule has 3 N–H and O–H groups in total. The lowest BCUT2D eigenvalue weighted by Crippen LogP contribution is -2.47. The summed E-state index contributed by atoms with van der Waals surface area (Å²) < 4.78 is 5.33. The molecular formula is C22H33IN4O2. The van der Waals surface area contributed by atoms with Crippen LogP contribution in [0.25, 0.3) is 0 Å². The molecule has 2 unspecified atom stereocenters. The van der Waals surface area contributed by atoms with Gasteiger partial charge in [-0.05, 0) is 50.5 Å². The Kier molecular flexibility index (Phi) is 8.98. The molecule has 0 saturated heterocycles. The van der Waals surface area contributed by atoms with E-state index in [1.807, 2.05) is 6.92 Å². The Morgan fingerprint density at radius 3 is 2.69 bits per heavy atom. The van der Waals surface area contributed by atoms with Gasteiger partial charge >= 0.3 is 0 Å². The molecule has 0 amide bonds. The van der Waals surface area contributed by atoms with Crippen molar-refractivity contribution < 1.29 is 9.52 Å². The maximum atomic E-state index is 10.6. The van der Waals surface area contributed by atoms with E-state index in [1.54, 1.807) is 25.3 Å². The molecule has 160 valence electrons. The van der Waals surface area contributed by atoms with Gasteiger partial charge in [0.15, 0.2) is 5.96 Å². The highest BCUT2D eigenvalue weighted by atomic mass is 127. The predicted octanol–water partition coefficient (Wildman–Crippen LogP) is 3.11. The quantitative estimate of drug-likeness (QED) is 0.302. The van der Waals surface area contributed by atoms with Crippen molar-refractivity contribution in [3.8, 4) is 0 Å². The molecule has 0 aliphatic carbocycles. The second-order valence-corrected chi connectivity index (χ2v) is 7.67. The van der Waals surface area contributed by atoms with Gasteiger partial charge in [0, 0.05) is 32.2 Å². The lowest BCUT2D eigenvalue weighted by molar-refractivity contribution is 0.0437. The second-order valence-electron chi connectivity index (χ2n) is 7.67. The van der Waals surface area contributed by atoms with Crippen LogP contribution in [0.3, 0.4) is 0 Å². The van der Waals surface area contributed by atoms with Crippen LogP contribution in [-0.2, 0) is 18.6 Å². The van der Waals surface area contributed by atoms with Gasteiger partial charge in [0.2, 0.25) is 0 Å². The maximum absolute atomic E-state index is 10.6. The summed E-state index contributed by atoms with van der Waals surface area (Å²) in [6.07, 6.45) is 2.66. The zero-order chi connectivity index (χ0) is 20.0. The smallest absolute Gasteiger partial charge is 0.191 e. The van der Waals surface area contributed by atoms with Crippen molar-refractivity contribution in [2.24, 2.45) is 4.99 Å². The normalized spacial score (nSPS) is 17.6. The third-order valence-electron chi connectivity index (χ3n) is 5.29. The van der Waals surface area contributed by atoms with Gasteiger partial charge in [0.25, 0.3) is 0 Å². The molecule has 2 aromatic rings. The number of halogens is 1. The van der Waals surface area contributed by atoms with Gasteiger partial charge in [-0.2, -0.15) is 0 Å². The molecule has 0 spiro atoms. The van der Waals surface area contributed by atoms with E-state index in [1.165, 1.54) is 11.1 Å². The minimum atomic E-state index is -1.13. The molecular weight excluding hydrogens is 479 g/mol. The fraction of sp³-hybridized carbons (Fsp3) is 0.500. The number of aliphatic hydroxyl groups is 1. The summed E-state index contributed by atoms with van der Waals surface area (Å²) in [5, 5.41) is 17.3. The molecule has 29 heavy (non-hydrogen) atoms. The molecule has 7 heteroatoms. The molecule has 1 aliphatic heterocycles. The largest absolute Gasteiger partial charge is 0.466 e. The fourth-order valence-electron chi connectivity index (χ4n) is 3.50. The Morgan fingerprint density at radius 1 is 1.24 bits per heavy atom. The summed E-state index contributed by atoms with van der Waals surface area (Å²) in [6.45, 7) is 9.82. The van der Waals surface area contributed by atoms with E-state index < -0.39 is 5.60 Å². The molecule has 0 radical (unpaired) electrons. The summed E-state index contributed by atoms with van der Waals surface area (Å²) in [5.74, 6) is 1.23. The number of fused-ring (bicyclic) bond motifs is 1. The number of guanidine groups is 1. The van der Waals surface area contributed by atoms with E-state index in [4.69, 9.17) is 4.42 Å². The Morgan fingerprint density at radius 2 is 2.00 bits per heavy atom. The summed E-state index contributed by atoms with van der Waals surface area (Å²) in [6, 6.07) is 12.6. The average molecular weight is 512 g/mol. The highest BCUT2D eigenvalue weighted by molar-refractivity contribution is 14.0. The first kappa shape index (κ1) is 23.7. The van der Waals surface area contributed by atoms with E-state index in [9.17, 15) is 5.11 Å². The summed E-state index contributed by atoms with van der Waals surface area (Å²) in [7, 11) is 0. The van der Waals surface area contributed by atoms with Gasteiger partial charge in [0.1, 0.15) is 11.4 Å². The Bertz CT molecular complexity index is 777. The molecule has 2 heterocycles. The zero-order valence-corrected chi connectivity index (χ0v) is 19.8. The number of nitrogens with zero attached hydrogens (tertiary/aromatic N) is 2. The summed E-state index contributed by atoms with van der Waals surface area (Å²) in [5.41, 5.74) is 1.76. The topological polar surface area (TPSA) is 73.0 Å². The van der Waals surface area contributed by atoms with Crippen molar-refractivity contribution in [2.75, 3.05) is 26.2 Å². The van der Waals surface area contributed by atoms with Crippen LogP contribution in [0.5, 0.6) is 0 Å². The van der Waals surface area contributed by atoms with E-state index in [2.05, 4.69) is 51.7 Å². The van der Waals surface area contributed by atoms with Crippen LogP contribution in [0.15, 0.2) is 52.1 Å². The number of furan rings is 1. The van der Waals surface area contributed by atoms with Crippen LogP contribution in [-0.4, -0.2) is 48.2 Å². The van der Waals surface area contributed by atoms with E-state index in [0.29, 0.717) is 17.8 Å². The second kappa shape index (κ2) is 11.0. The standard InChI is InChI=1S/C22H32N4O2.HI/c1-4-23-21(25-16-22(3,27)20-10-7-13-28-20)24-14-17(2)26-12-11-18-8-5-6-9-19(18)15-26;/h5-10,13,17,27H,4,11-12,14-16H2,1-3H3,(H2,23,24,25);1H. The SMILES string of the molecule is CCNC(=NCC(C)(O)c1ccco1)NCC(C)N1CCc2ccccc2C1.I. The maximum Gasteiger partial charge on any atom is 0.191 e. The van der Waals surface area contributed by atoms with Crippen LogP contribution in [0.1, 0.15) is 37.7 Å². The minimum Gasteiger partial charge on any atom is -0.466 e. The first-order valence-electron chi connectivity index (χ1n) is 10.1. The fourth-order valence-corrected chi connectivity index (χ4v) is 3.50. The van der Waals surface area contributed by atoms with Crippen LogP contribution in [0.4, 0.5) is 0 Å². The van der Waals surface area contributed by atoms with Crippen molar-refractivity contribution in [1.29, 1.82) is 0 Å². The van der Waals surface area contributed by atoms with Gasteiger partial charge in [-0.15, -0.1) is 24.0 Å². The first-order valence-corrected chi connectivity index (χ1v) is 10.1. The Balaban J connectivity index is 0.00000300. The summed E-state index contributed by atoms with van der Waals surface area (Å²) >= 11 is 0. The third-order valence-corrected chi connectivity index (χ3v) is 5.29. The molecule has 3 rings (SSSR count). The van der Waals surface area contributed by atoms with Gasteiger partial charge in [0.05, 0.1) is 12.8 Å². The van der Waals surface area contributed by atoms with Crippen LogP contribution in [0, 0.1) is 0 Å². The minimum absolute atomic E-state index is 0. The number of nitrogens with one attached hydrogen (secondary N) is 2. The van der Waals surface area contributed by atoms with Gasteiger partial charge < -0.3 is 20.2 Å². The molecule has 1 aromatic carbocycles. The molecule has 2 atom stereocenters. The van der Waals surface area contributed by atoms with Crippen LogP contribution >= 0.6 is 24.0 Å². The van der Waals surface area contributed by atoms with Crippen molar-refractivity contribution in [1.82, 2.24) is 15.5 Å². The zero-order valence-electron chi connectivity index (χ0n) is 17.5. The van der Waals surface area contributed by atoms with E-state index >= 15 is 0 Å². The molecule has 0 saturated carbocycles. The molecule has 6 nitrogen and oxygen atoms in total. The first-order chi connectivity index (χ1) is 13.5. The molecule has 0 fully saturated rings. The molecule has 1 aromatic heterocycles. The molecule has 1 aliphatic rings. The Labute approximate surface area is 190 Å². The Hall–Kier alpha value is -1.58. The average Bonchev–Trinajstić information content (AvgIpc) is 3.25. The number of rotatable bonds is 7. The third kappa shape index (κ3) is 6.45. The number of aliphatic imine (C=N–C) groups is 1. The van der Waals surface area contributed by atoms with Crippen molar-refractivity contribution in [2.45, 2.75) is 45.4 Å². The van der Waals surface area contributed by atoms with E-state index in [-0.39, 0.29) is 30.5 Å².